The van der Waals surface area contributed by atoms with Crippen molar-refractivity contribution in [3.63, 3.8) is 0 Å². The molecule has 0 radical (unpaired) electrons. The second-order valence-electron chi connectivity index (χ2n) is 7.35. The van der Waals surface area contributed by atoms with Gasteiger partial charge in [0.2, 0.25) is 0 Å². The van der Waals surface area contributed by atoms with Crippen LogP contribution in [0.3, 0.4) is 0 Å². The van der Waals surface area contributed by atoms with Crippen LogP contribution in [0.2, 0.25) is 0 Å². The van der Waals surface area contributed by atoms with Gasteiger partial charge in [-0.05, 0) is 42.8 Å². The summed E-state index contributed by atoms with van der Waals surface area (Å²) in [5.41, 5.74) is 4.61. The molecule has 0 saturated carbocycles. The van der Waals surface area contributed by atoms with E-state index in [0.29, 0.717) is 0 Å². The molecule has 0 saturated heterocycles. The fourth-order valence-corrected chi connectivity index (χ4v) is 5.05. The standard InChI is InChI=1S/C25H21FN2O2S/c1-14-8-11-20(29-2)19(12-14)28-23-24(30-3)17-7-5-4-6-16(17)22-25(23)31-21-13-15(26)9-10-18(21)27-22/h4-13,27-28H,1-3H3. The molecule has 1 aliphatic rings. The van der Waals surface area contributed by atoms with Crippen molar-refractivity contribution < 1.29 is 13.9 Å². The summed E-state index contributed by atoms with van der Waals surface area (Å²) in [5, 5.41) is 9.08. The average Bonchev–Trinajstić information content (AvgIpc) is 2.78. The Bertz CT molecular complexity index is 1320. The van der Waals surface area contributed by atoms with E-state index in [9.17, 15) is 4.39 Å². The molecule has 31 heavy (non-hydrogen) atoms. The number of aryl methyl sites for hydroxylation is 1. The number of halogens is 1. The fourth-order valence-electron chi connectivity index (χ4n) is 3.92. The molecule has 0 bridgehead atoms. The van der Waals surface area contributed by atoms with Crippen LogP contribution in [-0.2, 0) is 0 Å². The number of rotatable bonds is 4. The molecule has 5 rings (SSSR count). The van der Waals surface area contributed by atoms with E-state index >= 15 is 0 Å². The van der Waals surface area contributed by atoms with Gasteiger partial charge in [0, 0.05) is 15.7 Å². The summed E-state index contributed by atoms with van der Waals surface area (Å²) >= 11 is 1.52. The second-order valence-corrected chi connectivity index (χ2v) is 8.41. The number of fused-ring (bicyclic) bond motifs is 4. The Morgan fingerprint density at radius 3 is 2.52 bits per heavy atom. The highest BCUT2D eigenvalue weighted by Crippen LogP contribution is 2.55. The van der Waals surface area contributed by atoms with Crippen LogP contribution in [0.15, 0.2) is 70.5 Å². The maximum Gasteiger partial charge on any atom is 0.151 e. The molecule has 0 aromatic heterocycles. The van der Waals surface area contributed by atoms with Crippen LogP contribution >= 0.6 is 11.8 Å². The molecular weight excluding hydrogens is 411 g/mol. The van der Waals surface area contributed by atoms with Gasteiger partial charge in [0.1, 0.15) is 11.6 Å². The van der Waals surface area contributed by atoms with Crippen molar-refractivity contribution in [2.75, 3.05) is 24.9 Å². The number of hydrogen-bond donors (Lipinski definition) is 2. The van der Waals surface area contributed by atoms with Gasteiger partial charge in [0.25, 0.3) is 0 Å². The zero-order valence-corrected chi connectivity index (χ0v) is 18.2. The van der Waals surface area contributed by atoms with Gasteiger partial charge in [-0.25, -0.2) is 4.39 Å². The normalized spacial score (nSPS) is 12.0. The van der Waals surface area contributed by atoms with E-state index in [-0.39, 0.29) is 5.82 Å². The molecule has 4 aromatic rings. The first-order valence-electron chi connectivity index (χ1n) is 9.88. The Hall–Kier alpha value is -3.38. The third-order valence-corrected chi connectivity index (χ3v) is 6.53. The van der Waals surface area contributed by atoms with Crippen molar-refractivity contribution in [2.24, 2.45) is 0 Å². The summed E-state index contributed by atoms with van der Waals surface area (Å²) in [6.45, 7) is 2.03. The topological polar surface area (TPSA) is 42.5 Å². The lowest BCUT2D eigenvalue weighted by atomic mass is 10.0. The van der Waals surface area contributed by atoms with Gasteiger partial charge >= 0.3 is 0 Å². The highest BCUT2D eigenvalue weighted by molar-refractivity contribution is 8.00. The van der Waals surface area contributed by atoms with E-state index < -0.39 is 0 Å². The van der Waals surface area contributed by atoms with Crippen molar-refractivity contribution in [3.05, 3.63) is 72.0 Å². The van der Waals surface area contributed by atoms with Gasteiger partial charge in [-0.2, -0.15) is 0 Å². The largest absolute Gasteiger partial charge is 0.495 e. The minimum atomic E-state index is -0.265. The molecule has 0 fully saturated rings. The van der Waals surface area contributed by atoms with Gasteiger partial charge in [-0.15, -0.1) is 0 Å². The van der Waals surface area contributed by atoms with E-state index in [1.54, 1.807) is 26.4 Å². The van der Waals surface area contributed by atoms with Gasteiger partial charge < -0.3 is 20.1 Å². The van der Waals surface area contributed by atoms with Crippen LogP contribution in [0.25, 0.3) is 10.8 Å². The van der Waals surface area contributed by atoms with Crippen molar-refractivity contribution in [2.45, 2.75) is 16.7 Å². The van der Waals surface area contributed by atoms with Crippen LogP contribution in [0, 0.1) is 12.7 Å². The number of anilines is 4. The first-order valence-corrected chi connectivity index (χ1v) is 10.7. The third kappa shape index (κ3) is 3.33. The lowest BCUT2D eigenvalue weighted by molar-refractivity contribution is 0.415. The molecule has 1 aliphatic heterocycles. The lowest BCUT2D eigenvalue weighted by Gasteiger charge is -2.27. The molecule has 0 spiro atoms. The van der Waals surface area contributed by atoms with E-state index in [1.807, 2.05) is 43.3 Å². The maximum absolute atomic E-state index is 14.0. The highest BCUT2D eigenvalue weighted by Gasteiger charge is 2.26. The second kappa shape index (κ2) is 7.71. The van der Waals surface area contributed by atoms with Crippen LogP contribution in [-0.4, -0.2) is 14.2 Å². The van der Waals surface area contributed by atoms with Crippen LogP contribution in [0.1, 0.15) is 5.56 Å². The number of methoxy groups -OCH3 is 2. The van der Waals surface area contributed by atoms with Crippen LogP contribution in [0.5, 0.6) is 11.5 Å². The predicted molar refractivity (Wildman–Crippen MR) is 125 cm³/mol. The first kappa shape index (κ1) is 19.6. The molecule has 0 amide bonds. The molecule has 4 aromatic carbocycles. The van der Waals surface area contributed by atoms with Crippen LogP contribution in [0.4, 0.5) is 27.1 Å². The summed E-state index contributed by atoms with van der Waals surface area (Å²) < 4.78 is 25.4. The van der Waals surface area contributed by atoms with Crippen molar-refractivity contribution in [3.8, 4) is 11.5 Å². The quantitative estimate of drug-likeness (QED) is 0.313. The molecule has 0 aliphatic carbocycles. The average molecular weight is 433 g/mol. The van der Waals surface area contributed by atoms with Gasteiger partial charge in [-0.3, -0.25) is 0 Å². The molecule has 156 valence electrons. The van der Waals surface area contributed by atoms with Crippen molar-refractivity contribution in [1.82, 2.24) is 0 Å². The summed E-state index contributed by atoms with van der Waals surface area (Å²) in [5.74, 6) is 1.20. The smallest absolute Gasteiger partial charge is 0.151 e. The molecule has 0 atom stereocenters. The SMILES string of the molecule is COc1ccc(C)cc1Nc1c2c(c3ccccc3c1OC)Nc1ccc(F)cc1S2. The summed E-state index contributed by atoms with van der Waals surface area (Å²) in [6, 6.07) is 18.9. The molecule has 2 N–H and O–H groups in total. The van der Waals surface area contributed by atoms with Gasteiger partial charge in [0.05, 0.1) is 41.9 Å². The van der Waals surface area contributed by atoms with E-state index in [1.165, 1.54) is 17.8 Å². The fraction of sp³-hybridized carbons (Fsp3) is 0.120. The number of hydrogen-bond acceptors (Lipinski definition) is 5. The summed E-state index contributed by atoms with van der Waals surface area (Å²) in [4.78, 5) is 1.77. The Morgan fingerprint density at radius 1 is 0.935 bits per heavy atom. The van der Waals surface area contributed by atoms with Crippen molar-refractivity contribution in [1.29, 1.82) is 0 Å². The third-order valence-electron chi connectivity index (χ3n) is 5.36. The van der Waals surface area contributed by atoms with E-state index in [4.69, 9.17) is 9.47 Å². The lowest BCUT2D eigenvalue weighted by Crippen LogP contribution is -2.06. The summed E-state index contributed by atoms with van der Waals surface area (Å²) in [7, 11) is 3.32. The minimum absolute atomic E-state index is 0.265. The molecular formula is C25H21FN2O2S. The summed E-state index contributed by atoms with van der Waals surface area (Å²) in [6.07, 6.45) is 0. The number of benzene rings is 4. The predicted octanol–water partition coefficient (Wildman–Crippen LogP) is 7.26. The Kier molecular flexibility index (Phi) is 4.87. The Balaban J connectivity index is 1.77. The van der Waals surface area contributed by atoms with Gasteiger partial charge in [0.15, 0.2) is 5.75 Å². The number of ether oxygens (including phenoxy) is 2. The molecule has 0 unspecified atom stereocenters. The Labute approximate surface area is 184 Å². The maximum atomic E-state index is 14.0. The zero-order valence-electron chi connectivity index (χ0n) is 17.4. The van der Waals surface area contributed by atoms with E-state index in [2.05, 4.69) is 16.7 Å². The van der Waals surface area contributed by atoms with Crippen LogP contribution < -0.4 is 20.1 Å². The molecule has 1 heterocycles. The van der Waals surface area contributed by atoms with E-state index in [0.717, 1.165) is 60.4 Å². The molecule has 6 heteroatoms. The monoisotopic (exact) mass is 432 g/mol. The Morgan fingerprint density at radius 2 is 1.74 bits per heavy atom. The molecule has 4 nitrogen and oxygen atoms in total. The van der Waals surface area contributed by atoms with Gasteiger partial charge in [-0.1, -0.05) is 42.1 Å². The highest BCUT2D eigenvalue weighted by atomic mass is 32.2. The zero-order chi connectivity index (χ0) is 21.5. The number of nitrogens with one attached hydrogen (secondary N) is 2. The van der Waals surface area contributed by atoms with Crippen molar-refractivity contribution >= 4 is 45.3 Å². The first-order chi connectivity index (χ1) is 15.1. The minimum Gasteiger partial charge on any atom is -0.495 e.